The number of nitrogens with two attached hydrogens (primary N) is 1. The largest absolute Gasteiger partial charge is 0.383 e. The fourth-order valence-electron chi connectivity index (χ4n) is 0.787. The molecule has 0 aliphatic rings. The number of nitrogens with zero attached hydrogens (tertiary/aromatic N) is 2. The lowest BCUT2D eigenvalue weighted by Crippen LogP contribution is -2.35. The number of likely N-dealkylation sites (N-methyl/N-ethyl adjacent to an activating group) is 1. The molecule has 0 saturated carbocycles. The van der Waals surface area contributed by atoms with Crippen LogP contribution >= 0.6 is 0 Å². The molecule has 0 unspecified atom stereocenters. The lowest BCUT2D eigenvalue weighted by Gasteiger charge is -2.08. The van der Waals surface area contributed by atoms with Crippen LogP contribution in [-0.4, -0.2) is 27.0 Å². The third-order valence-electron chi connectivity index (χ3n) is 1.34. The first-order valence-corrected chi connectivity index (χ1v) is 3.68. The molecule has 0 saturated heterocycles. The maximum absolute atomic E-state index is 8.78. The molecule has 0 bridgehead atoms. The summed E-state index contributed by atoms with van der Waals surface area (Å²) in [4.78, 5) is 3.86. The van der Waals surface area contributed by atoms with Crippen LogP contribution in [-0.2, 0) is 0 Å². The molecule has 13 heavy (non-hydrogen) atoms. The van der Waals surface area contributed by atoms with Crippen molar-refractivity contribution in [2.45, 2.75) is 0 Å². The van der Waals surface area contributed by atoms with Gasteiger partial charge in [-0.15, -0.1) is 0 Å². The van der Waals surface area contributed by atoms with Gasteiger partial charge in [-0.05, 0) is 0 Å². The summed E-state index contributed by atoms with van der Waals surface area (Å²) in [6.07, 6.45) is 0. The predicted octanol–water partition coefficient (Wildman–Crippen LogP) is -1.35. The van der Waals surface area contributed by atoms with Crippen LogP contribution in [0.1, 0.15) is 0 Å². The minimum atomic E-state index is 0.236. The Kier molecular flexibility index (Phi) is 5.07. The van der Waals surface area contributed by atoms with Gasteiger partial charge in [0.25, 0.3) is 0 Å². The molecule has 6 heteroatoms. The fourth-order valence-corrected chi connectivity index (χ4v) is 0.787. The summed E-state index contributed by atoms with van der Waals surface area (Å²) in [5, 5.41) is 11.5. The Morgan fingerprint density at radius 2 is 2.08 bits per heavy atom. The summed E-state index contributed by atoms with van der Waals surface area (Å²) in [6.45, 7) is 0. The first kappa shape index (κ1) is 11.3. The van der Waals surface area contributed by atoms with Crippen molar-refractivity contribution in [2.75, 3.05) is 21.1 Å². The molecular formula is C7H14N6. The maximum Gasteiger partial charge on any atom is 0.142 e. The second-order valence-electron chi connectivity index (χ2n) is 2.10. The van der Waals surface area contributed by atoms with E-state index in [2.05, 4.69) is 21.2 Å². The van der Waals surface area contributed by atoms with E-state index in [1.54, 1.807) is 21.1 Å². The van der Waals surface area contributed by atoms with E-state index >= 15 is 0 Å². The van der Waals surface area contributed by atoms with E-state index in [-0.39, 0.29) is 11.4 Å². The summed E-state index contributed by atoms with van der Waals surface area (Å²) < 4.78 is 0. The summed E-state index contributed by atoms with van der Waals surface area (Å²) >= 11 is 0. The van der Waals surface area contributed by atoms with Gasteiger partial charge in [-0.1, -0.05) is 0 Å². The van der Waals surface area contributed by atoms with Crippen molar-refractivity contribution in [3.05, 3.63) is 11.4 Å². The molecule has 0 atom stereocenters. The van der Waals surface area contributed by atoms with Gasteiger partial charge in [0, 0.05) is 21.1 Å². The molecule has 0 aliphatic heterocycles. The molecular weight excluding hydrogens is 168 g/mol. The molecule has 6 nitrogen and oxygen atoms in total. The average Bonchev–Trinajstić information content (AvgIpc) is 2.14. The van der Waals surface area contributed by atoms with E-state index in [1.165, 1.54) is 0 Å². The van der Waals surface area contributed by atoms with Crippen molar-refractivity contribution in [1.29, 1.82) is 5.26 Å². The van der Waals surface area contributed by atoms with Crippen molar-refractivity contribution in [3.8, 4) is 6.07 Å². The van der Waals surface area contributed by atoms with Crippen LogP contribution < -0.4 is 21.9 Å². The molecule has 5 N–H and O–H groups in total. The zero-order valence-electron chi connectivity index (χ0n) is 7.97. The Hall–Kier alpha value is -1.74. The highest BCUT2D eigenvalue weighted by Crippen LogP contribution is 1.95. The third kappa shape index (κ3) is 3.01. The fraction of sp³-hybridized carbons (Fsp3) is 0.429. The number of amidine groups is 1. The third-order valence-corrected chi connectivity index (χ3v) is 1.34. The van der Waals surface area contributed by atoms with Crippen LogP contribution in [0.4, 0.5) is 0 Å². The van der Waals surface area contributed by atoms with Crippen LogP contribution in [0.3, 0.4) is 0 Å². The van der Waals surface area contributed by atoms with Gasteiger partial charge in [-0.3, -0.25) is 4.99 Å². The molecule has 0 aromatic carbocycles. The van der Waals surface area contributed by atoms with Crippen molar-refractivity contribution >= 4 is 5.84 Å². The summed E-state index contributed by atoms with van der Waals surface area (Å²) in [7, 11) is 4.91. The molecule has 0 heterocycles. The quantitative estimate of drug-likeness (QED) is 0.187. The lowest BCUT2D eigenvalue weighted by molar-refractivity contribution is 0.679. The Morgan fingerprint density at radius 1 is 1.46 bits per heavy atom. The van der Waals surface area contributed by atoms with E-state index in [4.69, 9.17) is 11.0 Å². The SMILES string of the molecule is C/N=C(NC)\C(C#N)=C(\N)NNC. The lowest BCUT2D eigenvalue weighted by atomic mass is 10.2. The Balaban J connectivity index is 4.89. The standard InChI is InChI=1S/C7H14N6/c1-10-7(11-2)5(4-8)6(9)13-12-3/h12-13H,9H2,1-3H3,(H,10,11)/b6-5-. The summed E-state index contributed by atoms with van der Waals surface area (Å²) in [6, 6.07) is 1.95. The van der Waals surface area contributed by atoms with Gasteiger partial charge < -0.3 is 16.5 Å². The van der Waals surface area contributed by atoms with E-state index in [0.717, 1.165) is 0 Å². The highest BCUT2D eigenvalue weighted by Gasteiger charge is 2.07. The monoisotopic (exact) mass is 182 g/mol. The molecule has 0 amide bonds. The van der Waals surface area contributed by atoms with Crippen LogP contribution in [0.25, 0.3) is 0 Å². The van der Waals surface area contributed by atoms with Gasteiger partial charge >= 0.3 is 0 Å². The van der Waals surface area contributed by atoms with Crippen molar-refractivity contribution < 1.29 is 0 Å². The molecule has 0 radical (unpaired) electrons. The Labute approximate surface area is 77.5 Å². The molecule has 0 aromatic heterocycles. The first-order valence-electron chi connectivity index (χ1n) is 3.68. The van der Waals surface area contributed by atoms with E-state index in [1.807, 2.05) is 6.07 Å². The van der Waals surface area contributed by atoms with Crippen molar-refractivity contribution in [2.24, 2.45) is 10.7 Å². The van der Waals surface area contributed by atoms with Gasteiger partial charge in [-0.2, -0.15) is 5.26 Å². The highest BCUT2D eigenvalue weighted by molar-refractivity contribution is 6.01. The van der Waals surface area contributed by atoms with Crippen LogP contribution in [0.5, 0.6) is 0 Å². The minimum Gasteiger partial charge on any atom is -0.383 e. The Morgan fingerprint density at radius 3 is 2.38 bits per heavy atom. The van der Waals surface area contributed by atoms with Gasteiger partial charge in [0.15, 0.2) is 0 Å². The van der Waals surface area contributed by atoms with Gasteiger partial charge in [0.1, 0.15) is 23.3 Å². The van der Waals surface area contributed by atoms with Crippen molar-refractivity contribution in [3.63, 3.8) is 0 Å². The minimum absolute atomic E-state index is 0.236. The molecule has 0 rings (SSSR count). The van der Waals surface area contributed by atoms with Gasteiger partial charge in [0.05, 0.1) is 0 Å². The van der Waals surface area contributed by atoms with Crippen molar-refractivity contribution in [1.82, 2.24) is 16.2 Å². The Bertz CT molecular complexity index is 259. The topological polar surface area (TPSA) is 98.3 Å². The molecule has 0 aromatic rings. The summed E-state index contributed by atoms with van der Waals surface area (Å²) in [5.74, 6) is 0.683. The maximum atomic E-state index is 8.78. The van der Waals surface area contributed by atoms with Crippen LogP contribution in [0, 0.1) is 11.3 Å². The second kappa shape index (κ2) is 5.85. The van der Waals surface area contributed by atoms with Gasteiger partial charge in [-0.25, -0.2) is 5.43 Å². The zero-order valence-corrected chi connectivity index (χ0v) is 7.97. The predicted molar refractivity (Wildman–Crippen MR) is 51.4 cm³/mol. The first-order chi connectivity index (χ1) is 6.21. The number of aliphatic imine (C=N–C) groups is 1. The number of hydrogen-bond donors (Lipinski definition) is 4. The van der Waals surface area contributed by atoms with E-state index < -0.39 is 0 Å². The van der Waals surface area contributed by atoms with Crippen LogP contribution in [0.15, 0.2) is 16.4 Å². The van der Waals surface area contributed by atoms with Crippen LogP contribution in [0.2, 0.25) is 0 Å². The molecule has 72 valence electrons. The number of rotatable bonds is 3. The number of hydrazine groups is 1. The molecule has 0 aliphatic carbocycles. The molecule has 0 fully saturated rings. The zero-order chi connectivity index (χ0) is 10.3. The number of hydrogen-bond acceptors (Lipinski definition) is 5. The normalized spacial score (nSPS) is 12.9. The van der Waals surface area contributed by atoms with E-state index in [9.17, 15) is 0 Å². The highest BCUT2D eigenvalue weighted by atomic mass is 15.4. The number of nitrogens with one attached hydrogen (secondary N) is 3. The van der Waals surface area contributed by atoms with Gasteiger partial charge in [0.2, 0.25) is 0 Å². The number of nitriles is 1. The molecule has 0 spiro atoms. The summed E-state index contributed by atoms with van der Waals surface area (Å²) in [5.41, 5.74) is 11.1. The average molecular weight is 182 g/mol. The second-order valence-corrected chi connectivity index (χ2v) is 2.10. The van der Waals surface area contributed by atoms with E-state index in [0.29, 0.717) is 5.84 Å². The smallest absolute Gasteiger partial charge is 0.142 e.